The first-order chi connectivity index (χ1) is 27.7. The third-order valence-corrected chi connectivity index (χ3v) is 10.7. The van der Waals surface area contributed by atoms with Gasteiger partial charge in [-0.2, -0.15) is 0 Å². The van der Waals surface area contributed by atoms with Crippen LogP contribution >= 0.6 is 0 Å². The summed E-state index contributed by atoms with van der Waals surface area (Å²) in [5.74, 6) is 0. The molecule has 264 valence electrons. The van der Waals surface area contributed by atoms with Gasteiger partial charge in [-0.1, -0.05) is 176 Å². The van der Waals surface area contributed by atoms with Crippen LogP contribution in [0.2, 0.25) is 0 Å². The summed E-state index contributed by atoms with van der Waals surface area (Å²) in [6, 6.07) is 80.0. The Labute approximate surface area is 327 Å². The van der Waals surface area contributed by atoms with Crippen LogP contribution in [0, 0.1) is 0 Å². The van der Waals surface area contributed by atoms with E-state index in [-0.39, 0.29) is 0 Å². The highest BCUT2D eigenvalue weighted by atomic mass is 16.3. The standard InChI is InChI=1S/C54H37NO/c1-3-10-38(11-4-1)43-26-32-47(33-27-43)55(48-34-28-44(29-35-48)39-12-5-2-6-13-39)49-36-30-45(31-37-49)41-20-18-40(19-21-41)42-22-24-46(25-23-42)50-15-9-17-53-54(50)51-14-7-8-16-52(51)56-53/h1-37H. The smallest absolute Gasteiger partial charge is 0.136 e. The van der Waals surface area contributed by atoms with E-state index in [1.807, 2.05) is 18.2 Å². The van der Waals surface area contributed by atoms with Crippen molar-refractivity contribution in [1.29, 1.82) is 0 Å². The van der Waals surface area contributed by atoms with Gasteiger partial charge in [0.1, 0.15) is 11.2 Å². The number of hydrogen-bond acceptors (Lipinski definition) is 2. The van der Waals surface area contributed by atoms with Crippen molar-refractivity contribution in [2.75, 3.05) is 4.90 Å². The van der Waals surface area contributed by atoms with Gasteiger partial charge in [0.05, 0.1) is 0 Å². The van der Waals surface area contributed by atoms with Crippen molar-refractivity contribution in [2.24, 2.45) is 0 Å². The van der Waals surface area contributed by atoms with Crippen LogP contribution in [0.3, 0.4) is 0 Å². The Kier molecular flexibility index (Phi) is 8.55. The van der Waals surface area contributed by atoms with Crippen molar-refractivity contribution in [3.63, 3.8) is 0 Å². The highest BCUT2D eigenvalue weighted by Crippen LogP contribution is 2.39. The molecule has 0 radical (unpaired) electrons. The Hall–Kier alpha value is -7.42. The molecule has 2 nitrogen and oxygen atoms in total. The van der Waals surface area contributed by atoms with Crippen molar-refractivity contribution in [3.05, 3.63) is 224 Å². The molecule has 0 saturated heterocycles. The summed E-state index contributed by atoms with van der Waals surface area (Å²) in [5, 5.41) is 2.31. The average molecular weight is 716 g/mol. The molecule has 0 atom stereocenters. The molecule has 0 bridgehead atoms. The molecule has 0 N–H and O–H groups in total. The second kappa shape index (κ2) is 14.4. The first kappa shape index (κ1) is 33.2. The van der Waals surface area contributed by atoms with E-state index in [2.05, 4.69) is 211 Å². The maximum atomic E-state index is 6.15. The van der Waals surface area contributed by atoms with E-state index in [1.54, 1.807) is 0 Å². The molecule has 1 heterocycles. The predicted molar refractivity (Wildman–Crippen MR) is 236 cm³/mol. The lowest BCUT2D eigenvalue weighted by molar-refractivity contribution is 0.669. The zero-order chi connectivity index (χ0) is 37.3. The van der Waals surface area contributed by atoms with E-state index in [9.17, 15) is 0 Å². The number of hydrogen-bond donors (Lipinski definition) is 0. The molecule has 0 aliphatic heterocycles. The van der Waals surface area contributed by atoms with E-state index in [0.29, 0.717) is 0 Å². The Morgan fingerprint density at radius 2 is 0.589 bits per heavy atom. The molecule has 9 aromatic carbocycles. The van der Waals surface area contributed by atoms with Crippen molar-refractivity contribution in [3.8, 4) is 55.6 Å². The summed E-state index contributed by atoms with van der Waals surface area (Å²) in [6.07, 6.45) is 0. The molecule has 0 spiro atoms. The lowest BCUT2D eigenvalue weighted by atomic mass is 9.96. The van der Waals surface area contributed by atoms with Crippen LogP contribution in [0.1, 0.15) is 0 Å². The first-order valence-electron chi connectivity index (χ1n) is 19.1. The average Bonchev–Trinajstić information content (AvgIpc) is 3.67. The van der Waals surface area contributed by atoms with Gasteiger partial charge in [0.15, 0.2) is 0 Å². The first-order valence-corrected chi connectivity index (χ1v) is 19.1. The summed E-state index contributed by atoms with van der Waals surface area (Å²) < 4.78 is 6.15. The predicted octanol–water partition coefficient (Wildman–Crippen LogP) is 15.4. The molecule has 10 aromatic rings. The number of fused-ring (bicyclic) bond motifs is 3. The number of para-hydroxylation sites is 1. The van der Waals surface area contributed by atoms with E-state index in [0.717, 1.165) is 39.0 Å². The molecule has 0 aliphatic carbocycles. The monoisotopic (exact) mass is 715 g/mol. The second-order valence-corrected chi connectivity index (χ2v) is 14.1. The highest BCUT2D eigenvalue weighted by Gasteiger charge is 2.15. The summed E-state index contributed by atoms with van der Waals surface area (Å²) in [7, 11) is 0. The van der Waals surface area contributed by atoms with Gasteiger partial charge in [-0.25, -0.2) is 0 Å². The number of anilines is 3. The number of nitrogens with zero attached hydrogens (tertiary/aromatic N) is 1. The zero-order valence-corrected chi connectivity index (χ0v) is 30.7. The van der Waals surface area contributed by atoms with Crippen molar-refractivity contribution >= 4 is 39.0 Å². The van der Waals surface area contributed by atoms with Gasteiger partial charge in [0.2, 0.25) is 0 Å². The van der Waals surface area contributed by atoms with Crippen LogP contribution < -0.4 is 4.90 Å². The molecule has 2 heteroatoms. The largest absolute Gasteiger partial charge is 0.456 e. The number of furan rings is 1. The van der Waals surface area contributed by atoms with Gasteiger partial charge in [-0.05, 0) is 104 Å². The van der Waals surface area contributed by atoms with Crippen LogP contribution in [0.4, 0.5) is 17.1 Å². The van der Waals surface area contributed by atoms with Crippen LogP contribution in [0.5, 0.6) is 0 Å². The van der Waals surface area contributed by atoms with E-state index >= 15 is 0 Å². The lowest BCUT2D eigenvalue weighted by Crippen LogP contribution is -2.09. The fraction of sp³-hybridized carbons (Fsp3) is 0. The summed E-state index contributed by atoms with van der Waals surface area (Å²) >= 11 is 0. The summed E-state index contributed by atoms with van der Waals surface area (Å²) in [6.45, 7) is 0. The summed E-state index contributed by atoms with van der Waals surface area (Å²) in [4.78, 5) is 2.33. The van der Waals surface area contributed by atoms with Crippen LogP contribution in [-0.2, 0) is 0 Å². The topological polar surface area (TPSA) is 16.4 Å². The molecule has 0 amide bonds. The molecule has 0 unspecified atom stereocenters. The molecule has 0 fully saturated rings. The fourth-order valence-corrected chi connectivity index (χ4v) is 7.83. The molecule has 0 aliphatic rings. The Balaban J connectivity index is 0.920. The second-order valence-electron chi connectivity index (χ2n) is 14.1. The van der Waals surface area contributed by atoms with Gasteiger partial charge >= 0.3 is 0 Å². The normalized spacial score (nSPS) is 11.2. The minimum absolute atomic E-state index is 0.916. The van der Waals surface area contributed by atoms with E-state index < -0.39 is 0 Å². The Morgan fingerprint density at radius 3 is 1.04 bits per heavy atom. The number of rotatable bonds is 8. The van der Waals surface area contributed by atoms with Gasteiger partial charge < -0.3 is 9.32 Å². The Morgan fingerprint density at radius 1 is 0.250 bits per heavy atom. The molecule has 0 saturated carbocycles. The van der Waals surface area contributed by atoms with Gasteiger partial charge in [-0.15, -0.1) is 0 Å². The zero-order valence-electron chi connectivity index (χ0n) is 30.7. The maximum absolute atomic E-state index is 6.15. The molecule has 56 heavy (non-hydrogen) atoms. The van der Waals surface area contributed by atoms with E-state index in [4.69, 9.17) is 4.42 Å². The Bertz CT molecular complexity index is 2810. The highest BCUT2D eigenvalue weighted by molar-refractivity contribution is 6.12. The molecule has 10 rings (SSSR count). The van der Waals surface area contributed by atoms with Crippen molar-refractivity contribution in [2.45, 2.75) is 0 Å². The third-order valence-electron chi connectivity index (χ3n) is 10.7. The van der Waals surface area contributed by atoms with Crippen molar-refractivity contribution < 1.29 is 4.42 Å². The number of benzene rings is 9. The lowest BCUT2D eigenvalue weighted by Gasteiger charge is -2.26. The van der Waals surface area contributed by atoms with Crippen LogP contribution in [0.25, 0.3) is 77.6 Å². The van der Waals surface area contributed by atoms with Crippen LogP contribution in [-0.4, -0.2) is 0 Å². The van der Waals surface area contributed by atoms with Crippen LogP contribution in [0.15, 0.2) is 229 Å². The summed E-state index contributed by atoms with van der Waals surface area (Å²) in [5.41, 5.74) is 17.1. The van der Waals surface area contributed by atoms with Crippen molar-refractivity contribution in [1.82, 2.24) is 0 Å². The van der Waals surface area contributed by atoms with Gasteiger partial charge in [0, 0.05) is 27.8 Å². The fourth-order valence-electron chi connectivity index (χ4n) is 7.83. The third kappa shape index (κ3) is 6.34. The van der Waals surface area contributed by atoms with E-state index in [1.165, 1.54) is 55.6 Å². The molecular formula is C54H37NO. The minimum Gasteiger partial charge on any atom is -0.456 e. The minimum atomic E-state index is 0.916. The SMILES string of the molecule is c1ccc(-c2ccc(N(c3ccc(-c4ccccc4)cc3)c3ccc(-c4ccc(-c5ccc(-c6cccc7oc8ccccc8c67)cc5)cc4)cc3)cc2)cc1. The van der Waals surface area contributed by atoms with Gasteiger partial charge in [0.25, 0.3) is 0 Å². The quantitative estimate of drug-likeness (QED) is 0.156. The molecular weight excluding hydrogens is 679 g/mol. The van der Waals surface area contributed by atoms with Gasteiger partial charge in [-0.3, -0.25) is 0 Å². The molecule has 1 aromatic heterocycles. The maximum Gasteiger partial charge on any atom is 0.136 e.